The number of carbonyl (C=O) groups is 2. The zero-order chi connectivity index (χ0) is 15.9. The zero-order valence-electron chi connectivity index (χ0n) is 11.7. The van der Waals surface area contributed by atoms with Crippen LogP contribution in [0.15, 0.2) is 48.5 Å². The largest absolute Gasteiger partial charge is 0.508 e. The molecule has 0 bridgehead atoms. The van der Waals surface area contributed by atoms with Gasteiger partial charge in [0.2, 0.25) is 0 Å². The normalized spacial score (nSPS) is 10.0. The van der Waals surface area contributed by atoms with Gasteiger partial charge in [-0.3, -0.25) is 9.59 Å². The fraction of sp³-hybridized carbons (Fsp3) is 0.125. The Balaban J connectivity index is 1.80. The molecule has 0 radical (unpaired) electrons. The van der Waals surface area contributed by atoms with Crippen LogP contribution in [-0.4, -0.2) is 23.5 Å². The lowest BCUT2D eigenvalue weighted by atomic mass is 10.1. The van der Waals surface area contributed by atoms with Gasteiger partial charge in [-0.25, -0.2) is 0 Å². The van der Waals surface area contributed by atoms with Crippen LogP contribution >= 0.6 is 11.6 Å². The summed E-state index contributed by atoms with van der Waals surface area (Å²) in [5.74, 6) is -1.31. The molecule has 0 spiro atoms. The van der Waals surface area contributed by atoms with E-state index in [1.54, 1.807) is 48.5 Å². The molecule has 2 aromatic rings. The molecule has 6 heteroatoms. The van der Waals surface area contributed by atoms with E-state index >= 15 is 0 Å². The van der Waals surface area contributed by atoms with E-state index in [1.807, 2.05) is 0 Å². The van der Waals surface area contributed by atoms with Crippen molar-refractivity contribution >= 4 is 29.1 Å². The quantitative estimate of drug-likeness (QED) is 0.757. The van der Waals surface area contributed by atoms with Crippen molar-refractivity contribution in [3.8, 4) is 5.75 Å². The predicted octanol–water partition coefficient (Wildman–Crippen LogP) is 2.34. The number of carbonyl (C=O) groups excluding carboxylic acids is 2. The standard InChI is InChI=1S/C16H15ClN2O3/c17-12-5-7-13(8-6-12)19-16(22)15(21)18-10-9-11-3-1-2-4-14(11)20/h1-8,20H,9-10H2,(H,18,21)(H,19,22). The molecule has 0 aliphatic carbocycles. The van der Waals surface area contributed by atoms with Crippen molar-refractivity contribution in [3.05, 3.63) is 59.1 Å². The van der Waals surface area contributed by atoms with Crippen LogP contribution in [0, 0.1) is 0 Å². The molecular formula is C16H15ClN2O3. The highest BCUT2D eigenvalue weighted by atomic mass is 35.5. The number of anilines is 1. The van der Waals surface area contributed by atoms with Crippen LogP contribution in [0.25, 0.3) is 0 Å². The lowest BCUT2D eigenvalue weighted by Crippen LogP contribution is -2.36. The van der Waals surface area contributed by atoms with Crippen molar-refractivity contribution in [2.45, 2.75) is 6.42 Å². The first-order valence-corrected chi connectivity index (χ1v) is 7.05. The molecule has 0 unspecified atom stereocenters. The zero-order valence-corrected chi connectivity index (χ0v) is 12.4. The fourth-order valence-corrected chi connectivity index (χ4v) is 1.96. The Kier molecular flexibility index (Phi) is 5.38. The van der Waals surface area contributed by atoms with Gasteiger partial charge >= 0.3 is 11.8 Å². The number of benzene rings is 2. The molecule has 5 nitrogen and oxygen atoms in total. The van der Waals surface area contributed by atoms with Crippen molar-refractivity contribution < 1.29 is 14.7 Å². The van der Waals surface area contributed by atoms with Gasteiger partial charge in [0.1, 0.15) is 5.75 Å². The van der Waals surface area contributed by atoms with Gasteiger partial charge in [0.05, 0.1) is 0 Å². The van der Waals surface area contributed by atoms with E-state index in [0.717, 1.165) is 0 Å². The Morgan fingerprint density at radius 3 is 2.36 bits per heavy atom. The molecule has 0 heterocycles. The molecule has 114 valence electrons. The number of halogens is 1. The smallest absolute Gasteiger partial charge is 0.313 e. The Hall–Kier alpha value is -2.53. The number of nitrogens with one attached hydrogen (secondary N) is 2. The van der Waals surface area contributed by atoms with Crippen LogP contribution in [0.5, 0.6) is 5.75 Å². The van der Waals surface area contributed by atoms with Gasteiger partial charge in [0.25, 0.3) is 0 Å². The van der Waals surface area contributed by atoms with Crippen LogP contribution in [-0.2, 0) is 16.0 Å². The molecule has 2 rings (SSSR count). The topological polar surface area (TPSA) is 78.4 Å². The minimum absolute atomic E-state index is 0.169. The molecule has 2 aromatic carbocycles. The molecule has 0 saturated carbocycles. The number of amides is 2. The lowest BCUT2D eigenvalue weighted by molar-refractivity contribution is -0.136. The maximum Gasteiger partial charge on any atom is 0.313 e. The summed E-state index contributed by atoms with van der Waals surface area (Å²) in [7, 11) is 0. The van der Waals surface area contributed by atoms with Crippen molar-refractivity contribution in [1.82, 2.24) is 5.32 Å². The van der Waals surface area contributed by atoms with E-state index in [1.165, 1.54) is 0 Å². The van der Waals surface area contributed by atoms with Crippen LogP contribution in [0.4, 0.5) is 5.69 Å². The molecule has 0 fully saturated rings. The first-order chi connectivity index (χ1) is 10.6. The van der Waals surface area contributed by atoms with Gasteiger partial charge < -0.3 is 15.7 Å². The summed E-state index contributed by atoms with van der Waals surface area (Å²) in [4.78, 5) is 23.4. The van der Waals surface area contributed by atoms with Gasteiger partial charge in [-0.2, -0.15) is 0 Å². The number of phenols is 1. The molecule has 3 N–H and O–H groups in total. The molecule has 2 amide bonds. The molecule has 0 aliphatic heterocycles. The minimum Gasteiger partial charge on any atom is -0.508 e. The van der Waals surface area contributed by atoms with Crippen molar-refractivity contribution in [1.29, 1.82) is 0 Å². The molecule has 0 atom stereocenters. The second kappa shape index (κ2) is 7.47. The Morgan fingerprint density at radius 1 is 1.00 bits per heavy atom. The first-order valence-electron chi connectivity index (χ1n) is 6.68. The summed E-state index contributed by atoms with van der Waals surface area (Å²) in [6.07, 6.45) is 0.437. The Morgan fingerprint density at radius 2 is 1.68 bits per heavy atom. The molecular weight excluding hydrogens is 304 g/mol. The Labute approximate surface area is 132 Å². The van der Waals surface area contributed by atoms with Gasteiger partial charge in [0.15, 0.2) is 0 Å². The maximum absolute atomic E-state index is 11.7. The molecule has 0 saturated heterocycles. The third-order valence-corrected chi connectivity index (χ3v) is 3.23. The van der Waals surface area contributed by atoms with E-state index < -0.39 is 11.8 Å². The lowest BCUT2D eigenvalue weighted by Gasteiger charge is -2.07. The number of hydrogen-bond acceptors (Lipinski definition) is 3. The summed E-state index contributed by atoms with van der Waals surface area (Å²) < 4.78 is 0. The monoisotopic (exact) mass is 318 g/mol. The van der Waals surface area contributed by atoms with Crippen molar-refractivity contribution in [2.24, 2.45) is 0 Å². The van der Waals surface area contributed by atoms with E-state index in [-0.39, 0.29) is 12.3 Å². The van der Waals surface area contributed by atoms with Gasteiger partial charge in [-0.1, -0.05) is 29.8 Å². The fourth-order valence-electron chi connectivity index (χ4n) is 1.83. The summed E-state index contributed by atoms with van der Waals surface area (Å²) in [6, 6.07) is 13.3. The second-order valence-electron chi connectivity index (χ2n) is 4.60. The molecule has 22 heavy (non-hydrogen) atoms. The minimum atomic E-state index is -0.750. The number of hydrogen-bond donors (Lipinski definition) is 3. The van der Waals surface area contributed by atoms with Crippen LogP contribution in [0.3, 0.4) is 0 Å². The highest BCUT2D eigenvalue weighted by molar-refractivity contribution is 6.39. The van der Waals surface area contributed by atoms with Gasteiger partial charge in [0, 0.05) is 17.3 Å². The number of rotatable bonds is 4. The second-order valence-corrected chi connectivity index (χ2v) is 5.03. The SMILES string of the molecule is O=C(NCCc1ccccc1O)C(=O)Nc1ccc(Cl)cc1. The predicted molar refractivity (Wildman–Crippen MR) is 84.9 cm³/mol. The highest BCUT2D eigenvalue weighted by Gasteiger charge is 2.13. The number of aromatic hydroxyl groups is 1. The first kappa shape index (κ1) is 15.9. The van der Waals surface area contributed by atoms with Gasteiger partial charge in [-0.05, 0) is 42.3 Å². The van der Waals surface area contributed by atoms with Gasteiger partial charge in [-0.15, -0.1) is 0 Å². The van der Waals surface area contributed by atoms with E-state index in [4.69, 9.17) is 11.6 Å². The highest BCUT2D eigenvalue weighted by Crippen LogP contribution is 2.15. The van der Waals surface area contributed by atoms with E-state index in [2.05, 4.69) is 10.6 Å². The molecule has 0 aliphatic rings. The summed E-state index contributed by atoms with van der Waals surface area (Å²) in [5.41, 5.74) is 1.20. The van der Waals surface area contributed by atoms with Crippen molar-refractivity contribution in [3.63, 3.8) is 0 Å². The summed E-state index contributed by atoms with van der Waals surface area (Å²) >= 11 is 5.74. The number of phenolic OH excluding ortho intramolecular Hbond substituents is 1. The van der Waals surface area contributed by atoms with Crippen LogP contribution < -0.4 is 10.6 Å². The number of para-hydroxylation sites is 1. The summed E-state index contributed by atoms with van der Waals surface area (Å²) in [6.45, 7) is 0.254. The van der Waals surface area contributed by atoms with E-state index in [0.29, 0.717) is 22.7 Å². The molecule has 0 aromatic heterocycles. The average molecular weight is 319 g/mol. The van der Waals surface area contributed by atoms with Crippen LogP contribution in [0.2, 0.25) is 5.02 Å². The third-order valence-electron chi connectivity index (χ3n) is 2.98. The van der Waals surface area contributed by atoms with E-state index in [9.17, 15) is 14.7 Å². The maximum atomic E-state index is 11.7. The third kappa shape index (κ3) is 4.49. The van der Waals surface area contributed by atoms with Crippen molar-refractivity contribution in [2.75, 3.05) is 11.9 Å². The summed E-state index contributed by atoms with van der Waals surface area (Å²) in [5, 5.41) is 15.1. The average Bonchev–Trinajstić information content (AvgIpc) is 2.51. The van der Waals surface area contributed by atoms with Crippen LogP contribution in [0.1, 0.15) is 5.56 Å². The Bertz CT molecular complexity index is 671.